The van der Waals surface area contributed by atoms with Crippen molar-refractivity contribution in [3.8, 4) is 5.69 Å². The third-order valence-corrected chi connectivity index (χ3v) is 5.72. The molecule has 170 valence electrons. The fourth-order valence-corrected chi connectivity index (χ4v) is 3.92. The number of carbonyl (C=O) groups excluding carboxylic acids is 1. The molecule has 1 amide bonds. The second-order valence-electron chi connectivity index (χ2n) is 8.88. The van der Waals surface area contributed by atoms with Crippen LogP contribution in [0.25, 0.3) is 16.6 Å². The molecule has 0 aliphatic heterocycles. The van der Waals surface area contributed by atoms with Gasteiger partial charge in [-0.3, -0.25) is 14.2 Å². The molecule has 0 saturated heterocycles. The molecule has 0 N–H and O–H groups in total. The molecule has 3 rings (SSSR count). The highest BCUT2D eigenvalue weighted by Gasteiger charge is 2.30. The highest BCUT2D eigenvalue weighted by Crippen LogP contribution is 2.27. The van der Waals surface area contributed by atoms with Gasteiger partial charge in [-0.05, 0) is 51.7 Å². The van der Waals surface area contributed by atoms with E-state index >= 15 is 0 Å². The van der Waals surface area contributed by atoms with Crippen LogP contribution in [-0.2, 0) is 4.79 Å². The number of hydrogen-bond donors (Lipinski definition) is 0. The molecule has 0 saturated carbocycles. The molecule has 1 heterocycles. The summed E-state index contributed by atoms with van der Waals surface area (Å²) in [5, 5.41) is 0.571. The van der Waals surface area contributed by atoms with E-state index in [9.17, 15) is 9.59 Å². The number of nitrogens with zero attached hydrogens (tertiary/aromatic N) is 4. The first-order valence-corrected chi connectivity index (χ1v) is 11.3. The first-order valence-electron chi connectivity index (χ1n) is 11.3. The third-order valence-electron chi connectivity index (χ3n) is 5.72. The zero-order chi connectivity index (χ0) is 23.4. The number of carbonyl (C=O) groups is 1. The number of benzene rings is 2. The van der Waals surface area contributed by atoms with Gasteiger partial charge in [0.2, 0.25) is 5.91 Å². The molecule has 6 heteroatoms. The molecule has 0 aliphatic rings. The van der Waals surface area contributed by atoms with Gasteiger partial charge < -0.3 is 9.80 Å². The lowest BCUT2D eigenvalue weighted by atomic mass is 10.1. The summed E-state index contributed by atoms with van der Waals surface area (Å²) in [5.41, 5.74) is 2.42. The molecule has 0 radical (unpaired) electrons. The molecular weight excluding hydrogens is 400 g/mol. The van der Waals surface area contributed by atoms with Gasteiger partial charge in [0.1, 0.15) is 5.82 Å². The Morgan fingerprint density at radius 2 is 1.69 bits per heavy atom. The van der Waals surface area contributed by atoms with Crippen LogP contribution in [0.1, 0.15) is 44.6 Å². The van der Waals surface area contributed by atoms with Crippen molar-refractivity contribution >= 4 is 16.8 Å². The zero-order valence-electron chi connectivity index (χ0n) is 20.0. The molecule has 2 aromatic carbocycles. The molecule has 6 nitrogen and oxygen atoms in total. The summed E-state index contributed by atoms with van der Waals surface area (Å²) in [6.45, 7) is 9.20. The number of amides is 1. The Balaban J connectivity index is 2.27. The van der Waals surface area contributed by atoms with E-state index in [4.69, 9.17) is 4.98 Å². The van der Waals surface area contributed by atoms with E-state index < -0.39 is 0 Å². The summed E-state index contributed by atoms with van der Waals surface area (Å²) >= 11 is 0. The number of likely N-dealkylation sites (N-methyl/N-ethyl adjacent to an activating group) is 1. The third kappa shape index (κ3) is 4.91. The maximum Gasteiger partial charge on any atom is 0.266 e. The van der Waals surface area contributed by atoms with Crippen molar-refractivity contribution in [1.29, 1.82) is 0 Å². The lowest BCUT2D eigenvalue weighted by Crippen LogP contribution is -2.43. The average molecular weight is 435 g/mol. The largest absolute Gasteiger partial charge is 0.331 e. The van der Waals surface area contributed by atoms with Crippen LogP contribution in [0.15, 0.2) is 53.3 Å². The number of hydrogen-bond acceptors (Lipinski definition) is 4. The van der Waals surface area contributed by atoms with Crippen LogP contribution in [0, 0.1) is 12.8 Å². The standard InChI is InChI=1S/C26H34N4O2/c1-7-23(29(17-16-28(5)6)25(31)18(2)3)24-27-22-11-9-8-10-21(22)26(32)30(24)20-14-12-19(4)13-15-20/h8-15,18,23H,7,16-17H2,1-6H3. The fourth-order valence-electron chi connectivity index (χ4n) is 3.92. The van der Waals surface area contributed by atoms with E-state index in [1.807, 2.05) is 95.2 Å². The lowest BCUT2D eigenvalue weighted by molar-refractivity contribution is -0.137. The van der Waals surface area contributed by atoms with Crippen LogP contribution in [0.5, 0.6) is 0 Å². The zero-order valence-corrected chi connectivity index (χ0v) is 20.0. The smallest absolute Gasteiger partial charge is 0.266 e. The van der Waals surface area contributed by atoms with Gasteiger partial charge in [0, 0.05) is 19.0 Å². The van der Waals surface area contributed by atoms with Crippen molar-refractivity contribution in [3.05, 3.63) is 70.3 Å². The summed E-state index contributed by atoms with van der Waals surface area (Å²) in [6.07, 6.45) is 0.655. The van der Waals surface area contributed by atoms with Gasteiger partial charge in [0.05, 0.1) is 22.6 Å². The Bertz CT molecular complexity index is 1130. The minimum absolute atomic E-state index is 0.0663. The Morgan fingerprint density at radius 1 is 1.03 bits per heavy atom. The predicted molar refractivity (Wildman–Crippen MR) is 130 cm³/mol. The highest BCUT2D eigenvalue weighted by atomic mass is 16.2. The Labute approximate surface area is 190 Å². The Hall–Kier alpha value is -2.99. The van der Waals surface area contributed by atoms with Crippen molar-refractivity contribution in [2.75, 3.05) is 27.2 Å². The number of rotatable bonds is 8. The van der Waals surface area contributed by atoms with Crippen LogP contribution < -0.4 is 5.56 Å². The summed E-state index contributed by atoms with van der Waals surface area (Å²) < 4.78 is 1.69. The van der Waals surface area contributed by atoms with E-state index in [0.717, 1.165) is 17.8 Å². The summed E-state index contributed by atoms with van der Waals surface area (Å²) in [4.78, 5) is 35.8. The van der Waals surface area contributed by atoms with Crippen molar-refractivity contribution in [3.63, 3.8) is 0 Å². The van der Waals surface area contributed by atoms with Crippen molar-refractivity contribution < 1.29 is 4.79 Å². The highest BCUT2D eigenvalue weighted by molar-refractivity contribution is 5.80. The summed E-state index contributed by atoms with van der Waals surface area (Å²) in [5.74, 6) is 0.524. The van der Waals surface area contributed by atoms with Gasteiger partial charge in [-0.2, -0.15) is 0 Å². The molecule has 32 heavy (non-hydrogen) atoms. The first kappa shape index (κ1) is 23.7. The molecule has 0 fully saturated rings. The first-order chi connectivity index (χ1) is 15.2. The van der Waals surface area contributed by atoms with E-state index in [2.05, 4.69) is 4.90 Å². The molecule has 1 unspecified atom stereocenters. The van der Waals surface area contributed by atoms with Gasteiger partial charge >= 0.3 is 0 Å². The maximum absolute atomic E-state index is 13.7. The van der Waals surface area contributed by atoms with Gasteiger partial charge in [-0.15, -0.1) is 0 Å². The van der Waals surface area contributed by atoms with Crippen molar-refractivity contribution in [2.24, 2.45) is 5.92 Å². The summed E-state index contributed by atoms with van der Waals surface area (Å²) in [6, 6.07) is 15.0. The normalized spacial score (nSPS) is 12.5. The second-order valence-corrected chi connectivity index (χ2v) is 8.88. The van der Waals surface area contributed by atoms with Crippen LogP contribution in [0.4, 0.5) is 0 Å². The van der Waals surface area contributed by atoms with Gasteiger partial charge in [0.25, 0.3) is 5.56 Å². The number of para-hydroxylation sites is 1. The maximum atomic E-state index is 13.7. The minimum Gasteiger partial charge on any atom is -0.331 e. The molecule has 0 aliphatic carbocycles. The Kier molecular flexibility index (Phi) is 7.46. The summed E-state index contributed by atoms with van der Waals surface area (Å²) in [7, 11) is 3.99. The topological polar surface area (TPSA) is 58.4 Å². The van der Waals surface area contributed by atoms with Gasteiger partial charge in [-0.1, -0.05) is 50.6 Å². The molecule has 0 spiro atoms. The monoisotopic (exact) mass is 434 g/mol. The molecular formula is C26H34N4O2. The number of aromatic nitrogens is 2. The van der Waals surface area contributed by atoms with E-state index in [-0.39, 0.29) is 23.4 Å². The number of aryl methyl sites for hydroxylation is 1. The average Bonchev–Trinajstić information content (AvgIpc) is 2.77. The fraction of sp³-hybridized carbons (Fsp3) is 0.423. The predicted octanol–water partition coefficient (Wildman–Crippen LogP) is 4.19. The quantitative estimate of drug-likeness (QED) is 0.533. The van der Waals surface area contributed by atoms with Crippen LogP contribution in [-0.4, -0.2) is 52.4 Å². The van der Waals surface area contributed by atoms with Crippen molar-refractivity contribution in [2.45, 2.75) is 40.2 Å². The van der Waals surface area contributed by atoms with E-state index in [1.165, 1.54) is 0 Å². The molecule has 0 bridgehead atoms. The minimum atomic E-state index is -0.316. The van der Waals surface area contributed by atoms with Gasteiger partial charge in [0.15, 0.2) is 0 Å². The lowest BCUT2D eigenvalue weighted by Gasteiger charge is -2.34. The van der Waals surface area contributed by atoms with Crippen LogP contribution in [0.2, 0.25) is 0 Å². The Morgan fingerprint density at radius 3 is 2.28 bits per heavy atom. The molecule has 1 aromatic heterocycles. The van der Waals surface area contributed by atoms with Crippen LogP contribution >= 0.6 is 0 Å². The molecule has 1 atom stereocenters. The van der Waals surface area contributed by atoms with Crippen molar-refractivity contribution in [1.82, 2.24) is 19.4 Å². The molecule has 3 aromatic rings. The van der Waals surface area contributed by atoms with Gasteiger partial charge in [-0.25, -0.2) is 4.98 Å². The van der Waals surface area contributed by atoms with E-state index in [0.29, 0.717) is 29.7 Å². The second kappa shape index (κ2) is 10.1. The number of fused-ring (bicyclic) bond motifs is 1. The van der Waals surface area contributed by atoms with Crippen LogP contribution in [0.3, 0.4) is 0 Å². The SMILES string of the molecule is CCC(c1nc2ccccc2c(=O)n1-c1ccc(C)cc1)N(CCN(C)C)C(=O)C(C)C. The van der Waals surface area contributed by atoms with E-state index in [1.54, 1.807) is 4.57 Å².